The third kappa shape index (κ3) is 6.99. The second kappa shape index (κ2) is 12.9. The summed E-state index contributed by atoms with van der Waals surface area (Å²) in [6.45, 7) is 5.41. The number of nitrogens with zero attached hydrogens (tertiary/aromatic N) is 4. The normalized spacial score (nSPS) is 22.8. The molecule has 0 spiro atoms. The average Bonchev–Trinajstić information content (AvgIpc) is 3.74. The number of ketones is 1. The zero-order valence-corrected chi connectivity index (χ0v) is 25.1. The number of aromatic nitrogens is 3. The SMILES string of the molecule is CC(=O)c1cc(CC(=O)N2C[C@@H]3C[C@H]2C(=O)N[C@@H](C(C)C)C(=O)N[C@H](Cc2ccccc2)C(=O)NCc2cn3nn2)cs1. The molecule has 0 saturated carbocycles. The molecule has 5 rings (SSSR count). The predicted octanol–water partition coefficient (Wildman–Crippen LogP) is 1.43. The minimum atomic E-state index is -0.938. The molecular weight excluding hydrogens is 570 g/mol. The maximum absolute atomic E-state index is 13.8. The zero-order chi connectivity index (χ0) is 30.7. The van der Waals surface area contributed by atoms with Crippen LogP contribution in [0.3, 0.4) is 0 Å². The maximum Gasteiger partial charge on any atom is 0.243 e. The summed E-state index contributed by atoms with van der Waals surface area (Å²) < 4.78 is 1.62. The molecule has 4 atom stereocenters. The Bertz CT molecular complexity index is 1520. The van der Waals surface area contributed by atoms with Gasteiger partial charge in [-0.2, -0.15) is 0 Å². The lowest BCUT2D eigenvalue weighted by molar-refractivity contribution is -0.139. The monoisotopic (exact) mass is 605 g/mol. The number of likely N-dealkylation sites (tertiary alicyclic amines) is 1. The van der Waals surface area contributed by atoms with Crippen LogP contribution < -0.4 is 16.0 Å². The van der Waals surface area contributed by atoms with Crippen molar-refractivity contribution in [1.29, 1.82) is 0 Å². The topological polar surface area (TPSA) is 155 Å². The van der Waals surface area contributed by atoms with Crippen molar-refractivity contribution in [2.24, 2.45) is 5.92 Å². The number of hydrogen-bond acceptors (Lipinski definition) is 8. The Morgan fingerprint density at radius 2 is 1.81 bits per heavy atom. The second-order valence-electron chi connectivity index (χ2n) is 11.4. The van der Waals surface area contributed by atoms with E-state index in [0.717, 1.165) is 5.56 Å². The maximum atomic E-state index is 13.8. The molecule has 2 aliphatic heterocycles. The van der Waals surface area contributed by atoms with Crippen LogP contribution in [0.4, 0.5) is 0 Å². The van der Waals surface area contributed by atoms with Crippen LogP contribution in [0.1, 0.15) is 59.7 Å². The van der Waals surface area contributed by atoms with Gasteiger partial charge in [-0.1, -0.05) is 49.4 Å². The van der Waals surface area contributed by atoms with E-state index in [1.165, 1.54) is 23.2 Å². The smallest absolute Gasteiger partial charge is 0.243 e. The van der Waals surface area contributed by atoms with Gasteiger partial charge in [-0.25, -0.2) is 4.68 Å². The first-order chi connectivity index (χ1) is 20.6. The predicted molar refractivity (Wildman–Crippen MR) is 158 cm³/mol. The fraction of sp³-hybridized carbons (Fsp3) is 0.433. The Morgan fingerprint density at radius 3 is 2.51 bits per heavy atom. The van der Waals surface area contributed by atoms with E-state index in [-0.39, 0.29) is 61.9 Å². The van der Waals surface area contributed by atoms with E-state index in [1.807, 2.05) is 44.2 Å². The summed E-state index contributed by atoms with van der Waals surface area (Å²) in [5, 5.41) is 18.8. The van der Waals surface area contributed by atoms with Gasteiger partial charge in [-0.3, -0.25) is 24.0 Å². The Hall–Kier alpha value is -4.39. The lowest BCUT2D eigenvalue weighted by atomic mass is 10.00. The molecule has 1 saturated heterocycles. The Balaban J connectivity index is 1.43. The van der Waals surface area contributed by atoms with Crippen LogP contribution in [0.15, 0.2) is 48.0 Å². The number of hydrogen-bond donors (Lipinski definition) is 3. The number of rotatable bonds is 6. The summed E-state index contributed by atoms with van der Waals surface area (Å²) in [6, 6.07) is 8.03. The molecule has 12 nitrogen and oxygen atoms in total. The molecular formula is C30H35N7O5S. The number of amides is 4. The van der Waals surface area contributed by atoms with Crippen LogP contribution in [0.5, 0.6) is 0 Å². The fourth-order valence-electron chi connectivity index (χ4n) is 5.44. The lowest BCUT2D eigenvalue weighted by Crippen LogP contribution is -2.58. The number of Topliss-reactive ketones (excluding diaryl/α,β-unsaturated/α-hetero) is 1. The second-order valence-corrected chi connectivity index (χ2v) is 12.3. The van der Waals surface area contributed by atoms with Gasteiger partial charge in [0.05, 0.1) is 30.1 Å². The van der Waals surface area contributed by atoms with Gasteiger partial charge in [0.1, 0.15) is 23.8 Å². The molecule has 13 heteroatoms. The van der Waals surface area contributed by atoms with E-state index in [0.29, 0.717) is 16.1 Å². The fourth-order valence-corrected chi connectivity index (χ4v) is 6.25. The third-order valence-corrected chi connectivity index (χ3v) is 8.88. The molecule has 3 N–H and O–H groups in total. The largest absolute Gasteiger partial charge is 0.349 e. The van der Waals surface area contributed by atoms with E-state index in [9.17, 15) is 24.0 Å². The van der Waals surface area contributed by atoms with Crippen molar-refractivity contribution in [2.45, 2.75) is 70.7 Å². The number of benzene rings is 1. The highest BCUT2D eigenvalue weighted by atomic mass is 32.1. The van der Waals surface area contributed by atoms with Gasteiger partial charge in [0.15, 0.2) is 5.78 Å². The third-order valence-electron chi connectivity index (χ3n) is 7.80. The standard InChI is InChI=1S/C30H35N7O5S/c1-17(2)27-30(42)32-23(9-19-7-5-4-6-8-19)28(40)31-13-21-14-37(35-34-21)22-12-24(29(41)33-27)36(15-22)26(39)11-20-10-25(18(3)38)43-16-20/h4-8,10,14,16-17,22-24,27H,9,11-13,15H2,1-3H3,(H,31,40)(H,32,42)(H,33,41)/t22-,23+,24-,27-/m0/s1. The van der Waals surface area contributed by atoms with Crippen LogP contribution in [0.2, 0.25) is 0 Å². The summed E-state index contributed by atoms with van der Waals surface area (Å²) in [5.41, 5.74) is 2.07. The van der Waals surface area contributed by atoms with Crippen LogP contribution in [-0.2, 0) is 38.6 Å². The van der Waals surface area contributed by atoms with Gasteiger partial charge >= 0.3 is 0 Å². The first kappa shape index (κ1) is 30.1. The van der Waals surface area contributed by atoms with E-state index >= 15 is 0 Å². The van der Waals surface area contributed by atoms with Gasteiger partial charge in [0.25, 0.3) is 0 Å². The number of carbonyl (C=O) groups is 5. The quantitative estimate of drug-likeness (QED) is 0.359. The molecule has 0 radical (unpaired) electrons. The number of carbonyl (C=O) groups excluding carboxylic acids is 5. The molecule has 2 aliphatic rings. The Labute approximate surface area is 253 Å². The van der Waals surface area contributed by atoms with Crippen molar-refractivity contribution >= 4 is 40.7 Å². The van der Waals surface area contributed by atoms with Crippen LogP contribution in [0, 0.1) is 5.92 Å². The molecule has 4 amide bonds. The molecule has 0 unspecified atom stereocenters. The molecule has 226 valence electrons. The summed E-state index contributed by atoms with van der Waals surface area (Å²) in [7, 11) is 0. The average molecular weight is 606 g/mol. The van der Waals surface area contributed by atoms with Gasteiger partial charge in [0, 0.05) is 19.4 Å². The summed E-state index contributed by atoms with van der Waals surface area (Å²) in [5.74, 6) is -1.96. The summed E-state index contributed by atoms with van der Waals surface area (Å²) in [4.78, 5) is 68.0. The molecule has 3 aromatic rings. The van der Waals surface area contributed by atoms with E-state index in [1.54, 1.807) is 22.3 Å². The summed E-state index contributed by atoms with van der Waals surface area (Å²) >= 11 is 1.28. The van der Waals surface area contributed by atoms with Gasteiger partial charge in [-0.15, -0.1) is 16.4 Å². The molecule has 1 aromatic carbocycles. The van der Waals surface area contributed by atoms with Crippen molar-refractivity contribution in [1.82, 2.24) is 35.8 Å². The van der Waals surface area contributed by atoms with E-state index in [2.05, 4.69) is 26.3 Å². The van der Waals surface area contributed by atoms with Gasteiger partial charge in [-0.05, 0) is 35.4 Å². The van der Waals surface area contributed by atoms with E-state index in [4.69, 9.17) is 0 Å². The van der Waals surface area contributed by atoms with E-state index < -0.39 is 29.9 Å². The number of fused-ring (bicyclic) bond motifs is 5. The van der Waals surface area contributed by atoms with Crippen LogP contribution in [0.25, 0.3) is 0 Å². The van der Waals surface area contributed by atoms with Crippen molar-refractivity contribution in [3.8, 4) is 0 Å². The molecule has 0 aliphatic carbocycles. The minimum Gasteiger partial charge on any atom is -0.349 e. The van der Waals surface area contributed by atoms with Crippen LogP contribution in [-0.4, -0.2) is 74.0 Å². The molecule has 4 bridgehead atoms. The first-order valence-corrected chi connectivity index (χ1v) is 15.2. The van der Waals surface area contributed by atoms with Crippen molar-refractivity contribution < 1.29 is 24.0 Å². The minimum absolute atomic E-state index is 0.0319. The van der Waals surface area contributed by atoms with Crippen molar-refractivity contribution in [2.75, 3.05) is 6.54 Å². The molecule has 2 aromatic heterocycles. The number of thiophene rings is 1. The van der Waals surface area contributed by atoms with Crippen molar-refractivity contribution in [3.05, 3.63) is 69.7 Å². The summed E-state index contributed by atoms with van der Waals surface area (Å²) in [6.07, 6.45) is 2.26. The molecule has 43 heavy (non-hydrogen) atoms. The molecule has 4 heterocycles. The highest BCUT2D eigenvalue weighted by molar-refractivity contribution is 7.12. The Kier molecular flexibility index (Phi) is 9.00. The highest BCUT2D eigenvalue weighted by Crippen LogP contribution is 2.29. The first-order valence-electron chi connectivity index (χ1n) is 14.3. The zero-order valence-electron chi connectivity index (χ0n) is 24.3. The van der Waals surface area contributed by atoms with Gasteiger partial charge < -0.3 is 20.9 Å². The van der Waals surface area contributed by atoms with Gasteiger partial charge in [0.2, 0.25) is 23.6 Å². The Morgan fingerprint density at radius 1 is 1.05 bits per heavy atom. The van der Waals surface area contributed by atoms with Crippen molar-refractivity contribution in [3.63, 3.8) is 0 Å². The molecule has 1 fully saturated rings. The lowest BCUT2D eigenvalue weighted by Gasteiger charge is -2.29. The van der Waals surface area contributed by atoms with Crippen LogP contribution >= 0.6 is 11.3 Å². The highest BCUT2D eigenvalue weighted by Gasteiger charge is 2.42. The number of nitrogens with one attached hydrogen (secondary N) is 3.